The number of hydrogen-bond acceptors (Lipinski definition) is 4. The minimum Gasteiger partial charge on any atom is -0.384 e. The highest BCUT2D eigenvalue weighted by Crippen LogP contribution is 2.20. The van der Waals surface area contributed by atoms with Crippen LogP contribution in [0.3, 0.4) is 0 Å². The van der Waals surface area contributed by atoms with Gasteiger partial charge in [0.05, 0.1) is 10.8 Å². The summed E-state index contributed by atoms with van der Waals surface area (Å²) in [4.78, 5) is 26.1. The summed E-state index contributed by atoms with van der Waals surface area (Å²) in [5.41, 5.74) is 0.187. The summed E-state index contributed by atoms with van der Waals surface area (Å²) in [5.74, 6) is 0.570. The third-order valence-corrected chi connectivity index (χ3v) is 4.13. The van der Waals surface area contributed by atoms with Gasteiger partial charge in [-0.1, -0.05) is 6.07 Å². The van der Waals surface area contributed by atoms with Crippen molar-refractivity contribution in [2.75, 3.05) is 32.0 Å². The molecule has 21 heavy (non-hydrogen) atoms. The molecule has 1 saturated heterocycles. The second-order valence-corrected chi connectivity index (χ2v) is 5.79. The van der Waals surface area contributed by atoms with E-state index < -0.39 is 0 Å². The molecule has 6 heteroatoms. The standard InChI is InChI=1S/C15H20N4O2/c1-19-7-3-4-10(9-19)8-16-12-6-2-5-11-13(12)15(21)18-17-14(11)20/h2,5-6,10,16H,3-4,7-9H2,1H3,(H,17,20)(H,18,21). The van der Waals surface area contributed by atoms with Crippen molar-refractivity contribution in [2.45, 2.75) is 12.8 Å². The number of likely N-dealkylation sites (tertiary alicyclic amines) is 1. The van der Waals surface area contributed by atoms with E-state index in [1.807, 2.05) is 6.07 Å². The van der Waals surface area contributed by atoms with Crippen LogP contribution in [-0.2, 0) is 0 Å². The molecule has 3 N–H and O–H groups in total. The summed E-state index contributed by atoms with van der Waals surface area (Å²) >= 11 is 0. The van der Waals surface area contributed by atoms with Crippen molar-refractivity contribution in [3.8, 4) is 0 Å². The van der Waals surface area contributed by atoms with Crippen LogP contribution < -0.4 is 16.4 Å². The Morgan fingerprint density at radius 3 is 2.90 bits per heavy atom. The number of H-pyrrole nitrogens is 2. The fourth-order valence-electron chi connectivity index (χ4n) is 3.07. The summed E-state index contributed by atoms with van der Waals surface area (Å²) < 4.78 is 0. The van der Waals surface area contributed by atoms with E-state index >= 15 is 0 Å². The zero-order chi connectivity index (χ0) is 14.8. The Balaban J connectivity index is 1.86. The molecule has 1 unspecified atom stereocenters. The monoisotopic (exact) mass is 288 g/mol. The molecule has 0 amide bonds. The first-order valence-corrected chi connectivity index (χ1v) is 7.31. The molecular formula is C15H20N4O2. The predicted octanol–water partition coefficient (Wildman–Crippen LogP) is 0.970. The maximum absolute atomic E-state index is 12.0. The second kappa shape index (κ2) is 5.73. The lowest BCUT2D eigenvalue weighted by Gasteiger charge is -2.30. The Morgan fingerprint density at radius 1 is 1.29 bits per heavy atom. The number of rotatable bonds is 3. The summed E-state index contributed by atoms with van der Waals surface area (Å²) in [6.07, 6.45) is 2.40. The van der Waals surface area contributed by atoms with E-state index in [0.29, 0.717) is 16.7 Å². The van der Waals surface area contributed by atoms with Crippen LogP contribution in [-0.4, -0.2) is 41.8 Å². The van der Waals surface area contributed by atoms with E-state index in [-0.39, 0.29) is 11.1 Å². The Hall–Kier alpha value is -2.08. The van der Waals surface area contributed by atoms with Gasteiger partial charge in [0.25, 0.3) is 11.1 Å². The highest BCUT2D eigenvalue weighted by atomic mass is 16.1. The Morgan fingerprint density at radius 2 is 2.10 bits per heavy atom. The number of hydrogen-bond donors (Lipinski definition) is 3. The molecule has 1 atom stereocenters. The molecular weight excluding hydrogens is 268 g/mol. The molecule has 6 nitrogen and oxygen atoms in total. The minimum absolute atomic E-state index is 0.270. The largest absolute Gasteiger partial charge is 0.384 e. The number of nitrogens with zero attached hydrogens (tertiary/aromatic N) is 1. The van der Waals surface area contributed by atoms with E-state index in [4.69, 9.17) is 0 Å². The van der Waals surface area contributed by atoms with Gasteiger partial charge in [-0.3, -0.25) is 19.8 Å². The maximum atomic E-state index is 12.0. The molecule has 2 aromatic rings. The molecule has 112 valence electrons. The zero-order valence-corrected chi connectivity index (χ0v) is 12.1. The topological polar surface area (TPSA) is 81.0 Å². The van der Waals surface area contributed by atoms with Gasteiger partial charge >= 0.3 is 0 Å². The smallest absolute Gasteiger partial charge is 0.272 e. The van der Waals surface area contributed by atoms with Gasteiger partial charge in [0.15, 0.2) is 0 Å². The molecule has 1 aromatic heterocycles. The number of aromatic amines is 2. The van der Waals surface area contributed by atoms with Crippen molar-refractivity contribution >= 4 is 16.5 Å². The minimum atomic E-state index is -0.273. The average molecular weight is 288 g/mol. The van der Waals surface area contributed by atoms with Crippen LogP contribution in [0.1, 0.15) is 12.8 Å². The van der Waals surface area contributed by atoms with Crippen LogP contribution >= 0.6 is 0 Å². The summed E-state index contributed by atoms with van der Waals surface area (Å²) in [7, 11) is 2.13. The first kappa shape index (κ1) is 13.9. The number of aromatic nitrogens is 2. The molecule has 1 aliphatic heterocycles. The van der Waals surface area contributed by atoms with Crippen LogP contribution in [0.25, 0.3) is 10.8 Å². The maximum Gasteiger partial charge on any atom is 0.272 e. The molecule has 1 aliphatic rings. The fourth-order valence-corrected chi connectivity index (χ4v) is 3.07. The van der Waals surface area contributed by atoms with E-state index in [0.717, 1.165) is 25.3 Å². The normalized spacial score (nSPS) is 19.8. The summed E-state index contributed by atoms with van der Waals surface area (Å²) in [6.45, 7) is 3.03. The van der Waals surface area contributed by atoms with Crippen molar-refractivity contribution in [1.29, 1.82) is 0 Å². The lowest BCUT2D eigenvalue weighted by Crippen LogP contribution is -2.35. The molecule has 2 heterocycles. The summed E-state index contributed by atoms with van der Waals surface area (Å²) in [5, 5.41) is 8.94. The first-order chi connectivity index (χ1) is 10.1. The van der Waals surface area contributed by atoms with Crippen LogP contribution in [0.15, 0.2) is 27.8 Å². The second-order valence-electron chi connectivity index (χ2n) is 5.79. The fraction of sp³-hybridized carbons (Fsp3) is 0.467. The molecule has 1 fully saturated rings. The third kappa shape index (κ3) is 2.85. The van der Waals surface area contributed by atoms with E-state index in [1.54, 1.807) is 12.1 Å². The number of benzene rings is 1. The average Bonchev–Trinajstić information content (AvgIpc) is 2.49. The zero-order valence-electron chi connectivity index (χ0n) is 12.1. The number of piperidine rings is 1. The number of anilines is 1. The van der Waals surface area contributed by atoms with Crippen molar-refractivity contribution in [2.24, 2.45) is 5.92 Å². The highest BCUT2D eigenvalue weighted by molar-refractivity contribution is 5.92. The first-order valence-electron chi connectivity index (χ1n) is 7.31. The van der Waals surface area contributed by atoms with E-state index in [2.05, 4.69) is 27.5 Å². The Kier molecular flexibility index (Phi) is 3.79. The van der Waals surface area contributed by atoms with Gasteiger partial charge in [-0.15, -0.1) is 0 Å². The van der Waals surface area contributed by atoms with Gasteiger partial charge < -0.3 is 10.2 Å². The van der Waals surface area contributed by atoms with Crippen molar-refractivity contribution < 1.29 is 0 Å². The summed E-state index contributed by atoms with van der Waals surface area (Å²) in [6, 6.07) is 5.32. The highest BCUT2D eigenvalue weighted by Gasteiger charge is 2.17. The van der Waals surface area contributed by atoms with Gasteiger partial charge in [0.2, 0.25) is 0 Å². The lowest BCUT2D eigenvalue weighted by atomic mass is 9.98. The van der Waals surface area contributed by atoms with Gasteiger partial charge in [-0.2, -0.15) is 0 Å². The molecule has 1 aromatic carbocycles. The van der Waals surface area contributed by atoms with Crippen LogP contribution in [0.5, 0.6) is 0 Å². The van der Waals surface area contributed by atoms with Gasteiger partial charge in [-0.05, 0) is 44.5 Å². The Bertz CT molecular complexity index is 749. The number of fused-ring (bicyclic) bond motifs is 1. The SMILES string of the molecule is CN1CCCC(CNc2cccc3c(=O)[nH][nH]c(=O)c23)C1. The van der Waals surface area contributed by atoms with Crippen molar-refractivity contribution in [3.63, 3.8) is 0 Å². The number of nitrogens with one attached hydrogen (secondary N) is 3. The van der Waals surface area contributed by atoms with Gasteiger partial charge in [-0.25, -0.2) is 0 Å². The van der Waals surface area contributed by atoms with Crippen LogP contribution in [0.2, 0.25) is 0 Å². The molecule has 0 radical (unpaired) electrons. The quantitative estimate of drug-likeness (QED) is 0.786. The van der Waals surface area contributed by atoms with Gasteiger partial charge in [0.1, 0.15) is 0 Å². The van der Waals surface area contributed by atoms with Crippen molar-refractivity contribution in [1.82, 2.24) is 15.1 Å². The van der Waals surface area contributed by atoms with Crippen LogP contribution in [0, 0.1) is 5.92 Å². The molecule has 0 spiro atoms. The predicted molar refractivity (Wildman–Crippen MR) is 83.9 cm³/mol. The van der Waals surface area contributed by atoms with Gasteiger partial charge in [0, 0.05) is 18.8 Å². The Labute approximate surface area is 122 Å². The molecule has 3 rings (SSSR count). The van der Waals surface area contributed by atoms with Crippen molar-refractivity contribution in [3.05, 3.63) is 38.9 Å². The molecule has 0 bridgehead atoms. The lowest BCUT2D eigenvalue weighted by molar-refractivity contribution is 0.217. The van der Waals surface area contributed by atoms with E-state index in [1.165, 1.54) is 12.8 Å². The van der Waals surface area contributed by atoms with Crippen LogP contribution in [0.4, 0.5) is 5.69 Å². The molecule has 0 saturated carbocycles. The molecule has 0 aliphatic carbocycles. The third-order valence-electron chi connectivity index (χ3n) is 4.13. The van der Waals surface area contributed by atoms with E-state index in [9.17, 15) is 9.59 Å².